The monoisotopic (exact) mass is 206 g/mol. The standard InChI is InChI=1S/C11H14N2O2/c1-11(4-2-3-5-15-11)10-12-6-9(8-14)7-13-10/h6-8H,2-5H2,1H3. The predicted octanol–water partition coefficient (Wildman–Crippen LogP) is 1.70. The molecule has 0 saturated carbocycles. The molecule has 0 N–H and O–H groups in total. The van der Waals surface area contributed by atoms with E-state index in [-0.39, 0.29) is 5.60 Å². The number of carbonyl (C=O) groups excluding carboxylic acids is 1. The molecule has 2 heterocycles. The van der Waals surface area contributed by atoms with Crippen LogP contribution in [0.2, 0.25) is 0 Å². The van der Waals surface area contributed by atoms with E-state index in [4.69, 9.17) is 4.74 Å². The van der Waals surface area contributed by atoms with Crippen molar-refractivity contribution in [3.05, 3.63) is 23.8 Å². The number of hydrogen-bond donors (Lipinski definition) is 0. The lowest BCUT2D eigenvalue weighted by Gasteiger charge is -2.32. The first kappa shape index (κ1) is 10.2. The Labute approximate surface area is 88.7 Å². The quantitative estimate of drug-likeness (QED) is 0.691. The molecule has 4 nitrogen and oxygen atoms in total. The molecule has 1 saturated heterocycles. The molecule has 0 spiro atoms. The summed E-state index contributed by atoms with van der Waals surface area (Å²) in [6, 6.07) is 0. The second-order valence-electron chi connectivity index (χ2n) is 3.99. The Morgan fingerprint density at radius 1 is 1.40 bits per heavy atom. The number of nitrogens with zero attached hydrogens (tertiary/aromatic N) is 2. The molecule has 80 valence electrons. The molecular formula is C11H14N2O2. The smallest absolute Gasteiger partial charge is 0.159 e. The number of hydrogen-bond acceptors (Lipinski definition) is 4. The number of carbonyl (C=O) groups is 1. The lowest BCUT2D eigenvalue weighted by Crippen LogP contribution is -2.32. The van der Waals surface area contributed by atoms with Crippen LogP contribution in [0, 0.1) is 0 Å². The van der Waals surface area contributed by atoms with Crippen molar-refractivity contribution < 1.29 is 9.53 Å². The number of aromatic nitrogens is 2. The van der Waals surface area contributed by atoms with Crippen molar-refractivity contribution in [2.24, 2.45) is 0 Å². The maximum Gasteiger partial charge on any atom is 0.159 e. The van der Waals surface area contributed by atoms with Gasteiger partial charge in [-0.3, -0.25) is 4.79 Å². The average Bonchev–Trinajstić information content (AvgIpc) is 2.30. The van der Waals surface area contributed by atoms with E-state index >= 15 is 0 Å². The SMILES string of the molecule is CC1(c2ncc(C=O)cn2)CCCCO1. The van der Waals surface area contributed by atoms with E-state index in [0.717, 1.165) is 32.2 Å². The van der Waals surface area contributed by atoms with E-state index in [1.54, 1.807) is 12.4 Å². The number of rotatable bonds is 2. The van der Waals surface area contributed by atoms with Gasteiger partial charge in [0.15, 0.2) is 12.1 Å². The van der Waals surface area contributed by atoms with E-state index in [1.807, 2.05) is 6.92 Å². The van der Waals surface area contributed by atoms with Crippen LogP contribution in [0.1, 0.15) is 42.4 Å². The summed E-state index contributed by atoms with van der Waals surface area (Å²) in [7, 11) is 0. The Morgan fingerprint density at radius 2 is 2.13 bits per heavy atom. The van der Waals surface area contributed by atoms with E-state index < -0.39 is 0 Å². The molecule has 0 amide bonds. The highest BCUT2D eigenvalue weighted by Crippen LogP contribution is 2.31. The van der Waals surface area contributed by atoms with Crippen LogP contribution < -0.4 is 0 Å². The molecule has 0 aromatic carbocycles. The number of ether oxygens (including phenoxy) is 1. The summed E-state index contributed by atoms with van der Waals surface area (Å²) < 4.78 is 5.71. The van der Waals surface area contributed by atoms with Gasteiger partial charge >= 0.3 is 0 Å². The zero-order chi connectivity index (χ0) is 10.7. The van der Waals surface area contributed by atoms with Crippen molar-refractivity contribution in [2.45, 2.75) is 31.8 Å². The van der Waals surface area contributed by atoms with Crippen LogP contribution in [0.4, 0.5) is 0 Å². The topological polar surface area (TPSA) is 52.1 Å². The molecule has 2 rings (SSSR count). The molecule has 0 radical (unpaired) electrons. The third-order valence-corrected chi connectivity index (χ3v) is 2.75. The molecule has 1 aliphatic rings. The lowest BCUT2D eigenvalue weighted by molar-refractivity contribution is -0.0760. The minimum absolute atomic E-state index is 0.375. The first-order valence-corrected chi connectivity index (χ1v) is 5.16. The minimum atomic E-state index is -0.375. The van der Waals surface area contributed by atoms with Gasteiger partial charge in [-0.15, -0.1) is 0 Å². The molecule has 1 unspecified atom stereocenters. The molecule has 0 bridgehead atoms. The summed E-state index contributed by atoms with van der Waals surface area (Å²) >= 11 is 0. The Bertz CT molecular complexity index is 342. The summed E-state index contributed by atoms with van der Waals surface area (Å²) in [5.41, 5.74) is 0.123. The molecule has 4 heteroatoms. The van der Waals surface area contributed by atoms with Crippen LogP contribution in [-0.4, -0.2) is 22.9 Å². The van der Waals surface area contributed by atoms with Gasteiger partial charge in [-0.1, -0.05) is 0 Å². The van der Waals surface area contributed by atoms with Gasteiger partial charge in [0.25, 0.3) is 0 Å². The van der Waals surface area contributed by atoms with Crippen LogP contribution in [0.5, 0.6) is 0 Å². The van der Waals surface area contributed by atoms with Gasteiger partial charge in [-0.2, -0.15) is 0 Å². The maximum atomic E-state index is 10.5. The summed E-state index contributed by atoms with van der Waals surface area (Å²) in [4.78, 5) is 18.8. The fraction of sp³-hybridized carbons (Fsp3) is 0.545. The van der Waals surface area contributed by atoms with E-state index in [9.17, 15) is 4.79 Å². The molecule has 0 aliphatic carbocycles. The normalized spacial score (nSPS) is 26.2. The summed E-state index contributed by atoms with van der Waals surface area (Å²) in [5.74, 6) is 0.674. The van der Waals surface area contributed by atoms with Crippen LogP contribution in [0.25, 0.3) is 0 Å². The van der Waals surface area contributed by atoms with Crippen molar-refractivity contribution >= 4 is 6.29 Å². The molecule has 1 aromatic heterocycles. The average molecular weight is 206 g/mol. The van der Waals surface area contributed by atoms with Crippen LogP contribution >= 0.6 is 0 Å². The van der Waals surface area contributed by atoms with Gasteiger partial charge in [-0.25, -0.2) is 9.97 Å². The Hall–Kier alpha value is -1.29. The summed E-state index contributed by atoms with van der Waals surface area (Å²) in [5, 5.41) is 0. The van der Waals surface area contributed by atoms with Crippen LogP contribution in [0.3, 0.4) is 0 Å². The van der Waals surface area contributed by atoms with Gasteiger partial charge in [0.2, 0.25) is 0 Å². The van der Waals surface area contributed by atoms with Crippen molar-refractivity contribution in [1.29, 1.82) is 0 Å². The minimum Gasteiger partial charge on any atom is -0.367 e. The van der Waals surface area contributed by atoms with Crippen molar-refractivity contribution in [3.8, 4) is 0 Å². The molecule has 1 atom stereocenters. The molecular weight excluding hydrogens is 192 g/mol. The second kappa shape index (κ2) is 4.06. The maximum absolute atomic E-state index is 10.5. The molecule has 15 heavy (non-hydrogen) atoms. The molecule has 1 aromatic rings. The Morgan fingerprint density at radius 3 is 2.67 bits per heavy atom. The highest BCUT2D eigenvalue weighted by Gasteiger charge is 2.32. The Balaban J connectivity index is 2.23. The number of aldehydes is 1. The van der Waals surface area contributed by atoms with Crippen molar-refractivity contribution in [2.75, 3.05) is 6.61 Å². The Kier molecular flexibility index (Phi) is 2.77. The van der Waals surface area contributed by atoms with Crippen molar-refractivity contribution in [1.82, 2.24) is 9.97 Å². The first-order chi connectivity index (χ1) is 7.24. The fourth-order valence-corrected chi connectivity index (χ4v) is 1.78. The second-order valence-corrected chi connectivity index (χ2v) is 3.99. The first-order valence-electron chi connectivity index (χ1n) is 5.16. The molecule has 1 fully saturated rings. The third-order valence-electron chi connectivity index (χ3n) is 2.75. The van der Waals surface area contributed by atoms with Gasteiger partial charge in [0, 0.05) is 19.0 Å². The predicted molar refractivity (Wildman–Crippen MR) is 54.6 cm³/mol. The largest absolute Gasteiger partial charge is 0.367 e. The van der Waals surface area contributed by atoms with E-state index in [1.165, 1.54) is 0 Å². The van der Waals surface area contributed by atoms with Crippen LogP contribution in [0.15, 0.2) is 12.4 Å². The third kappa shape index (κ3) is 2.04. The van der Waals surface area contributed by atoms with Gasteiger partial charge < -0.3 is 4.74 Å². The van der Waals surface area contributed by atoms with Gasteiger partial charge in [0.1, 0.15) is 5.60 Å². The fourth-order valence-electron chi connectivity index (χ4n) is 1.78. The lowest BCUT2D eigenvalue weighted by atomic mass is 9.95. The van der Waals surface area contributed by atoms with Crippen molar-refractivity contribution in [3.63, 3.8) is 0 Å². The zero-order valence-corrected chi connectivity index (χ0v) is 8.77. The molecule has 1 aliphatic heterocycles. The highest BCUT2D eigenvalue weighted by molar-refractivity contribution is 5.73. The van der Waals surface area contributed by atoms with E-state index in [0.29, 0.717) is 11.4 Å². The van der Waals surface area contributed by atoms with Gasteiger partial charge in [0.05, 0.1) is 5.56 Å². The van der Waals surface area contributed by atoms with Crippen LogP contribution in [-0.2, 0) is 10.3 Å². The zero-order valence-electron chi connectivity index (χ0n) is 8.77. The van der Waals surface area contributed by atoms with Gasteiger partial charge in [-0.05, 0) is 26.2 Å². The summed E-state index contributed by atoms with van der Waals surface area (Å²) in [6.45, 7) is 2.76. The highest BCUT2D eigenvalue weighted by atomic mass is 16.5. The van der Waals surface area contributed by atoms with E-state index in [2.05, 4.69) is 9.97 Å². The summed E-state index contributed by atoms with van der Waals surface area (Å²) in [6.07, 6.45) is 7.00.